The number of rotatable bonds is 5. The van der Waals surface area contributed by atoms with Crippen molar-refractivity contribution in [2.24, 2.45) is 0 Å². The first-order chi connectivity index (χ1) is 11.6. The van der Waals surface area contributed by atoms with Gasteiger partial charge in [-0.15, -0.1) is 0 Å². The summed E-state index contributed by atoms with van der Waals surface area (Å²) in [7, 11) is 0. The fourth-order valence-corrected chi connectivity index (χ4v) is 4.04. The number of β-amino-alcohol motifs (C(OH)–C–C–N with tert-alkyl or cyclic N) is 1. The van der Waals surface area contributed by atoms with Crippen LogP contribution in [-0.4, -0.2) is 37.8 Å². The van der Waals surface area contributed by atoms with Gasteiger partial charge in [0, 0.05) is 30.7 Å². The SMILES string of the molecule is CCn1c(C)cc([C@H]2[C@H](c3ccccn3)NC(=S)N2CCO)c1C. The van der Waals surface area contributed by atoms with Crippen molar-refractivity contribution in [3.63, 3.8) is 0 Å². The summed E-state index contributed by atoms with van der Waals surface area (Å²) in [6.45, 7) is 7.96. The summed E-state index contributed by atoms with van der Waals surface area (Å²) in [6, 6.07) is 8.19. The van der Waals surface area contributed by atoms with Gasteiger partial charge in [-0.2, -0.15) is 0 Å². The third kappa shape index (κ3) is 2.80. The van der Waals surface area contributed by atoms with Gasteiger partial charge in [-0.1, -0.05) is 6.07 Å². The van der Waals surface area contributed by atoms with E-state index in [2.05, 4.69) is 46.6 Å². The van der Waals surface area contributed by atoms with E-state index in [4.69, 9.17) is 12.2 Å². The molecule has 2 aromatic heterocycles. The maximum absolute atomic E-state index is 9.49. The fourth-order valence-electron chi connectivity index (χ4n) is 3.71. The van der Waals surface area contributed by atoms with Crippen molar-refractivity contribution in [2.75, 3.05) is 13.2 Å². The Morgan fingerprint density at radius 2 is 2.12 bits per heavy atom. The smallest absolute Gasteiger partial charge is 0.170 e. The Kier molecular flexibility index (Phi) is 4.87. The van der Waals surface area contributed by atoms with Crippen LogP contribution >= 0.6 is 12.2 Å². The van der Waals surface area contributed by atoms with Crippen molar-refractivity contribution in [3.05, 3.63) is 53.1 Å². The average molecular weight is 344 g/mol. The first-order valence-corrected chi connectivity index (χ1v) is 8.74. The van der Waals surface area contributed by atoms with Crippen LogP contribution < -0.4 is 5.32 Å². The van der Waals surface area contributed by atoms with Crippen molar-refractivity contribution in [3.8, 4) is 0 Å². The molecule has 2 aromatic rings. The molecule has 24 heavy (non-hydrogen) atoms. The van der Waals surface area contributed by atoms with Gasteiger partial charge in [0.15, 0.2) is 5.11 Å². The van der Waals surface area contributed by atoms with Crippen LogP contribution in [0.3, 0.4) is 0 Å². The third-order valence-corrected chi connectivity index (χ3v) is 5.14. The molecule has 128 valence electrons. The van der Waals surface area contributed by atoms with Crippen molar-refractivity contribution in [1.29, 1.82) is 0 Å². The molecular weight excluding hydrogens is 320 g/mol. The zero-order valence-corrected chi connectivity index (χ0v) is 15.2. The summed E-state index contributed by atoms with van der Waals surface area (Å²) in [5, 5.41) is 13.6. The highest BCUT2D eigenvalue weighted by Gasteiger charge is 2.40. The minimum Gasteiger partial charge on any atom is -0.395 e. The second kappa shape index (κ2) is 6.91. The lowest BCUT2D eigenvalue weighted by Crippen LogP contribution is -2.32. The molecule has 0 bridgehead atoms. The third-order valence-electron chi connectivity index (χ3n) is 4.79. The molecular formula is C18H24N4OS. The second-order valence-electron chi connectivity index (χ2n) is 6.11. The Morgan fingerprint density at radius 1 is 1.33 bits per heavy atom. The molecule has 6 heteroatoms. The Bertz CT molecular complexity index is 728. The van der Waals surface area contributed by atoms with E-state index in [0.29, 0.717) is 11.7 Å². The van der Waals surface area contributed by atoms with Crippen molar-refractivity contribution in [2.45, 2.75) is 39.4 Å². The highest BCUT2D eigenvalue weighted by Crippen LogP contribution is 2.40. The lowest BCUT2D eigenvalue weighted by molar-refractivity contribution is 0.222. The van der Waals surface area contributed by atoms with Crippen LogP contribution in [0.1, 0.15) is 41.7 Å². The number of pyridine rings is 1. The Morgan fingerprint density at radius 3 is 2.71 bits per heavy atom. The lowest BCUT2D eigenvalue weighted by Gasteiger charge is -2.27. The summed E-state index contributed by atoms with van der Waals surface area (Å²) in [5.41, 5.74) is 4.69. The molecule has 0 unspecified atom stereocenters. The van der Waals surface area contributed by atoms with E-state index in [-0.39, 0.29) is 18.7 Å². The first kappa shape index (κ1) is 16.9. The number of nitrogens with zero attached hydrogens (tertiary/aromatic N) is 3. The molecule has 0 aromatic carbocycles. The standard InChI is InChI=1S/C18H24N4OS/c1-4-21-12(2)11-14(13(21)3)17-16(15-7-5-6-8-19-15)20-18(24)22(17)9-10-23/h5-8,11,16-17,23H,4,9-10H2,1-3H3,(H,20,24)/t16-,17-/m0/s1. The zero-order valence-electron chi connectivity index (χ0n) is 14.4. The van der Waals surface area contributed by atoms with E-state index >= 15 is 0 Å². The molecule has 0 amide bonds. The number of aryl methyl sites for hydroxylation is 1. The summed E-state index contributed by atoms with van der Waals surface area (Å²) < 4.78 is 2.31. The van der Waals surface area contributed by atoms with E-state index < -0.39 is 0 Å². The van der Waals surface area contributed by atoms with Crippen LogP contribution in [0, 0.1) is 13.8 Å². The minimum atomic E-state index is -0.0175. The molecule has 1 fully saturated rings. The molecule has 1 aliphatic rings. The molecule has 0 radical (unpaired) electrons. The Balaban J connectivity index is 2.09. The van der Waals surface area contributed by atoms with Crippen LogP contribution in [0.25, 0.3) is 0 Å². The molecule has 2 atom stereocenters. The average Bonchev–Trinajstić information content (AvgIpc) is 3.05. The highest BCUT2D eigenvalue weighted by molar-refractivity contribution is 7.80. The topological polar surface area (TPSA) is 53.3 Å². The monoisotopic (exact) mass is 344 g/mol. The maximum Gasteiger partial charge on any atom is 0.170 e. The van der Waals surface area contributed by atoms with Crippen LogP contribution in [0.5, 0.6) is 0 Å². The van der Waals surface area contributed by atoms with Gasteiger partial charge >= 0.3 is 0 Å². The number of nitrogens with one attached hydrogen (secondary N) is 1. The number of aromatic nitrogens is 2. The van der Waals surface area contributed by atoms with E-state index in [0.717, 1.165) is 12.2 Å². The van der Waals surface area contributed by atoms with Crippen LogP contribution in [0.2, 0.25) is 0 Å². The largest absolute Gasteiger partial charge is 0.395 e. The first-order valence-electron chi connectivity index (χ1n) is 8.34. The van der Waals surface area contributed by atoms with Gasteiger partial charge in [0.05, 0.1) is 24.4 Å². The van der Waals surface area contributed by atoms with Gasteiger partial charge in [-0.3, -0.25) is 4.98 Å². The van der Waals surface area contributed by atoms with E-state index in [1.165, 1.54) is 17.0 Å². The van der Waals surface area contributed by atoms with Crippen LogP contribution in [0.4, 0.5) is 0 Å². The van der Waals surface area contributed by atoms with Gasteiger partial charge in [-0.25, -0.2) is 0 Å². The maximum atomic E-state index is 9.49. The van der Waals surface area contributed by atoms with E-state index in [1.54, 1.807) is 6.20 Å². The van der Waals surface area contributed by atoms with Gasteiger partial charge in [0.2, 0.25) is 0 Å². The van der Waals surface area contributed by atoms with Crippen LogP contribution in [0.15, 0.2) is 30.5 Å². The van der Waals surface area contributed by atoms with Crippen LogP contribution in [-0.2, 0) is 6.54 Å². The van der Waals surface area contributed by atoms with Gasteiger partial charge < -0.3 is 19.9 Å². The molecule has 1 saturated heterocycles. The summed E-state index contributed by atoms with van der Waals surface area (Å²) in [5.74, 6) is 0. The quantitative estimate of drug-likeness (QED) is 0.816. The lowest BCUT2D eigenvalue weighted by atomic mass is 9.97. The number of thiocarbonyl (C=S) groups is 1. The van der Waals surface area contributed by atoms with Gasteiger partial charge in [-0.05, 0) is 56.8 Å². The fraction of sp³-hybridized carbons (Fsp3) is 0.444. The molecule has 3 rings (SSSR count). The number of hydrogen-bond donors (Lipinski definition) is 2. The number of aliphatic hydroxyl groups is 1. The van der Waals surface area contributed by atoms with Crippen molar-refractivity contribution in [1.82, 2.24) is 19.8 Å². The molecule has 1 aliphatic heterocycles. The molecule has 3 heterocycles. The predicted molar refractivity (Wildman–Crippen MR) is 98.8 cm³/mol. The van der Waals surface area contributed by atoms with Crippen molar-refractivity contribution < 1.29 is 5.11 Å². The van der Waals surface area contributed by atoms with E-state index in [9.17, 15) is 5.11 Å². The number of aliphatic hydroxyl groups excluding tert-OH is 1. The van der Waals surface area contributed by atoms with E-state index in [1.807, 2.05) is 18.2 Å². The highest BCUT2D eigenvalue weighted by atomic mass is 32.1. The summed E-state index contributed by atoms with van der Waals surface area (Å²) in [6.07, 6.45) is 1.81. The number of hydrogen-bond acceptors (Lipinski definition) is 3. The summed E-state index contributed by atoms with van der Waals surface area (Å²) >= 11 is 5.54. The Hall–Kier alpha value is -1.92. The molecule has 5 nitrogen and oxygen atoms in total. The van der Waals surface area contributed by atoms with Crippen molar-refractivity contribution >= 4 is 17.3 Å². The van der Waals surface area contributed by atoms with Gasteiger partial charge in [0.25, 0.3) is 0 Å². The summed E-state index contributed by atoms with van der Waals surface area (Å²) in [4.78, 5) is 6.61. The molecule has 0 aliphatic carbocycles. The van der Waals surface area contributed by atoms with Gasteiger partial charge in [0.1, 0.15) is 0 Å². The Labute approximate surface area is 148 Å². The second-order valence-corrected chi connectivity index (χ2v) is 6.50. The zero-order chi connectivity index (χ0) is 17.3. The normalized spacial score (nSPS) is 20.5. The molecule has 0 saturated carbocycles. The minimum absolute atomic E-state index is 0.0175. The predicted octanol–water partition coefficient (Wildman–Crippen LogP) is 2.48. The molecule has 2 N–H and O–H groups in total. The molecule has 0 spiro atoms.